The zero-order chi connectivity index (χ0) is 13.7. The van der Waals surface area contributed by atoms with Gasteiger partial charge < -0.3 is 5.32 Å². The maximum Gasteiger partial charge on any atom is 0.141 e. The number of halogens is 1. The average molecular weight is 263 g/mol. The summed E-state index contributed by atoms with van der Waals surface area (Å²) in [6, 6.07) is 1.50. The lowest BCUT2D eigenvalue weighted by atomic mass is 10.1. The van der Waals surface area contributed by atoms with E-state index in [0.29, 0.717) is 6.42 Å². The van der Waals surface area contributed by atoms with Crippen molar-refractivity contribution >= 4 is 0 Å². The highest BCUT2D eigenvalue weighted by Gasteiger charge is 2.15. The Balaban J connectivity index is 2.21. The third-order valence-corrected chi connectivity index (χ3v) is 2.96. The second-order valence-corrected chi connectivity index (χ2v) is 4.24. The van der Waals surface area contributed by atoms with Crippen LogP contribution in [0.1, 0.15) is 31.3 Å². The molecule has 0 aliphatic rings. The van der Waals surface area contributed by atoms with E-state index in [0.717, 1.165) is 24.5 Å². The number of nitrogens with zero attached hydrogens (tertiary/aromatic N) is 4. The molecule has 0 bridgehead atoms. The van der Waals surface area contributed by atoms with Crippen molar-refractivity contribution in [2.45, 2.75) is 32.9 Å². The third kappa shape index (κ3) is 3.35. The van der Waals surface area contributed by atoms with Crippen LogP contribution in [0.25, 0.3) is 0 Å². The maximum atomic E-state index is 13.3. The standard InChI is InChI=1S/C13H18FN5/c1-3-16-12(10-5-11(14)8-15-7-10)6-13-17-9-18-19(13)4-2/h5,7-9,12,16H,3-4,6H2,1-2H3. The van der Waals surface area contributed by atoms with Gasteiger partial charge in [-0.25, -0.2) is 9.37 Å². The second kappa shape index (κ2) is 6.38. The van der Waals surface area contributed by atoms with Gasteiger partial charge in [0.15, 0.2) is 0 Å². The molecule has 19 heavy (non-hydrogen) atoms. The maximum absolute atomic E-state index is 13.3. The van der Waals surface area contributed by atoms with Crippen LogP contribution in [0.5, 0.6) is 0 Å². The Labute approximate surface area is 111 Å². The van der Waals surface area contributed by atoms with E-state index in [1.54, 1.807) is 12.5 Å². The number of hydrogen-bond donors (Lipinski definition) is 1. The van der Waals surface area contributed by atoms with Gasteiger partial charge in [-0.15, -0.1) is 0 Å². The molecule has 2 aromatic rings. The number of hydrogen-bond acceptors (Lipinski definition) is 4. The fraction of sp³-hybridized carbons (Fsp3) is 0.462. The molecule has 1 unspecified atom stereocenters. The van der Waals surface area contributed by atoms with Crippen LogP contribution < -0.4 is 5.32 Å². The van der Waals surface area contributed by atoms with Gasteiger partial charge in [-0.05, 0) is 25.1 Å². The number of likely N-dealkylation sites (N-methyl/N-ethyl adjacent to an activating group) is 1. The Kier molecular flexibility index (Phi) is 4.57. The summed E-state index contributed by atoms with van der Waals surface area (Å²) in [7, 11) is 0. The molecule has 0 radical (unpaired) electrons. The minimum atomic E-state index is -0.322. The van der Waals surface area contributed by atoms with Crippen LogP contribution in [0.4, 0.5) is 4.39 Å². The fourth-order valence-electron chi connectivity index (χ4n) is 2.07. The minimum absolute atomic E-state index is 0.0114. The number of nitrogens with one attached hydrogen (secondary N) is 1. The van der Waals surface area contributed by atoms with Crippen molar-refractivity contribution in [2.75, 3.05) is 6.54 Å². The van der Waals surface area contributed by atoms with Crippen molar-refractivity contribution in [3.05, 3.63) is 42.0 Å². The molecule has 0 saturated carbocycles. The van der Waals surface area contributed by atoms with Gasteiger partial charge in [0.25, 0.3) is 0 Å². The van der Waals surface area contributed by atoms with E-state index in [-0.39, 0.29) is 11.9 Å². The summed E-state index contributed by atoms with van der Waals surface area (Å²) >= 11 is 0. The number of rotatable bonds is 6. The Morgan fingerprint density at radius 2 is 2.21 bits per heavy atom. The predicted octanol–water partition coefficient (Wildman–Crippen LogP) is 1.73. The van der Waals surface area contributed by atoms with E-state index < -0.39 is 0 Å². The lowest BCUT2D eigenvalue weighted by molar-refractivity contribution is 0.504. The van der Waals surface area contributed by atoms with Gasteiger partial charge in [-0.1, -0.05) is 6.92 Å². The summed E-state index contributed by atoms with van der Waals surface area (Å²) in [6.45, 7) is 5.60. The van der Waals surface area contributed by atoms with Gasteiger partial charge in [-0.2, -0.15) is 5.10 Å². The number of aromatic nitrogens is 4. The molecule has 1 N–H and O–H groups in total. The highest BCUT2D eigenvalue weighted by molar-refractivity contribution is 5.16. The Morgan fingerprint density at radius 3 is 2.89 bits per heavy atom. The first-order valence-electron chi connectivity index (χ1n) is 6.45. The topological polar surface area (TPSA) is 55.6 Å². The molecule has 2 aromatic heterocycles. The van der Waals surface area contributed by atoms with Crippen LogP contribution in [0.3, 0.4) is 0 Å². The van der Waals surface area contributed by atoms with E-state index in [1.165, 1.54) is 12.3 Å². The van der Waals surface area contributed by atoms with Crippen LogP contribution >= 0.6 is 0 Å². The van der Waals surface area contributed by atoms with Gasteiger partial charge in [-0.3, -0.25) is 9.67 Å². The molecule has 0 aliphatic carbocycles. The molecule has 0 aromatic carbocycles. The molecule has 0 saturated heterocycles. The van der Waals surface area contributed by atoms with Gasteiger partial charge in [0.2, 0.25) is 0 Å². The molecule has 5 nitrogen and oxygen atoms in total. The number of aryl methyl sites for hydroxylation is 1. The van der Waals surface area contributed by atoms with Crippen molar-refractivity contribution in [2.24, 2.45) is 0 Å². The van der Waals surface area contributed by atoms with Crippen LogP contribution in [0, 0.1) is 5.82 Å². The third-order valence-electron chi connectivity index (χ3n) is 2.96. The summed E-state index contributed by atoms with van der Waals surface area (Å²) in [4.78, 5) is 8.16. The molecule has 102 valence electrons. The smallest absolute Gasteiger partial charge is 0.141 e. The molecule has 0 fully saturated rings. The SMILES string of the molecule is CCNC(Cc1ncnn1CC)c1cncc(F)c1. The molecule has 6 heteroatoms. The minimum Gasteiger partial charge on any atom is -0.310 e. The molecule has 2 heterocycles. The first-order valence-corrected chi connectivity index (χ1v) is 6.45. The molecular weight excluding hydrogens is 245 g/mol. The first kappa shape index (κ1) is 13.6. The Hall–Kier alpha value is -1.82. The van der Waals surface area contributed by atoms with Gasteiger partial charge in [0.05, 0.1) is 6.20 Å². The van der Waals surface area contributed by atoms with E-state index in [1.807, 2.05) is 18.5 Å². The normalized spacial score (nSPS) is 12.6. The molecule has 0 spiro atoms. The molecular formula is C13H18FN5. The summed E-state index contributed by atoms with van der Waals surface area (Å²) in [6.07, 6.45) is 5.10. The van der Waals surface area contributed by atoms with Crippen LogP contribution in [-0.2, 0) is 13.0 Å². The lowest BCUT2D eigenvalue weighted by Gasteiger charge is -2.17. The highest BCUT2D eigenvalue weighted by Crippen LogP contribution is 2.17. The zero-order valence-corrected chi connectivity index (χ0v) is 11.2. The molecule has 0 amide bonds. The van der Waals surface area contributed by atoms with Gasteiger partial charge in [0, 0.05) is 25.2 Å². The summed E-state index contributed by atoms with van der Waals surface area (Å²) in [5.74, 6) is 0.565. The average Bonchev–Trinajstić information content (AvgIpc) is 2.85. The quantitative estimate of drug-likeness (QED) is 0.862. The van der Waals surface area contributed by atoms with Crippen molar-refractivity contribution in [3.8, 4) is 0 Å². The van der Waals surface area contributed by atoms with Crippen LogP contribution in [0.15, 0.2) is 24.8 Å². The van der Waals surface area contributed by atoms with E-state index in [2.05, 4.69) is 20.4 Å². The van der Waals surface area contributed by atoms with E-state index in [9.17, 15) is 4.39 Å². The van der Waals surface area contributed by atoms with Gasteiger partial charge >= 0.3 is 0 Å². The summed E-state index contributed by atoms with van der Waals surface area (Å²) in [5, 5.41) is 7.48. The number of pyridine rings is 1. The summed E-state index contributed by atoms with van der Waals surface area (Å²) in [5.41, 5.74) is 0.826. The lowest BCUT2D eigenvalue weighted by Crippen LogP contribution is -2.24. The van der Waals surface area contributed by atoms with Crippen molar-refractivity contribution in [1.29, 1.82) is 0 Å². The van der Waals surface area contributed by atoms with Crippen LogP contribution in [-0.4, -0.2) is 26.3 Å². The van der Waals surface area contributed by atoms with E-state index in [4.69, 9.17) is 0 Å². The highest BCUT2D eigenvalue weighted by atomic mass is 19.1. The van der Waals surface area contributed by atoms with Gasteiger partial charge in [0.1, 0.15) is 18.0 Å². The Morgan fingerprint density at radius 1 is 1.37 bits per heavy atom. The predicted molar refractivity (Wildman–Crippen MR) is 70.0 cm³/mol. The van der Waals surface area contributed by atoms with E-state index >= 15 is 0 Å². The monoisotopic (exact) mass is 263 g/mol. The van der Waals surface area contributed by atoms with Crippen molar-refractivity contribution in [3.63, 3.8) is 0 Å². The van der Waals surface area contributed by atoms with Crippen LogP contribution in [0.2, 0.25) is 0 Å². The summed E-state index contributed by atoms with van der Waals surface area (Å²) < 4.78 is 15.1. The zero-order valence-electron chi connectivity index (χ0n) is 11.2. The fourth-order valence-corrected chi connectivity index (χ4v) is 2.07. The molecule has 2 rings (SSSR count). The Bertz CT molecular complexity index is 525. The van der Waals surface area contributed by atoms with Crippen molar-refractivity contribution < 1.29 is 4.39 Å². The largest absolute Gasteiger partial charge is 0.310 e. The first-order chi connectivity index (χ1) is 9.24. The molecule has 0 aliphatic heterocycles. The second-order valence-electron chi connectivity index (χ2n) is 4.24. The molecule has 1 atom stereocenters. The van der Waals surface area contributed by atoms with Crippen molar-refractivity contribution in [1.82, 2.24) is 25.1 Å².